The molecule has 0 N–H and O–H groups in total. The lowest BCUT2D eigenvalue weighted by molar-refractivity contribution is -0.102. The van der Waals surface area contributed by atoms with Gasteiger partial charge in [-0.15, -0.1) is 0 Å². The number of hydrogen-bond acceptors (Lipinski definition) is 1. The predicted octanol–water partition coefficient (Wildman–Crippen LogP) is 3.63. The molecule has 0 unspecified atom stereocenters. The minimum Gasteiger partial charge on any atom is -0.378 e. The second-order valence-electron chi connectivity index (χ2n) is 5.83. The normalized spacial score (nSPS) is 42.6. The summed E-state index contributed by atoms with van der Waals surface area (Å²) in [7, 11) is 0. The van der Waals surface area contributed by atoms with Crippen LogP contribution < -0.4 is 0 Å². The van der Waals surface area contributed by atoms with Crippen LogP contribution in [0.2, 0.25) is 0 Å². The van der Waals surface area contributed by atoms with E-state index in [0.717, 1.165) is 12.5 Å². The molecule has 0 aliphatic heterocycles. The highest BCUT2D eigenvalue weighted by Crippen LogP contribution is 2.71. The molecule has 14 heavy (non-hydrogen) atoms. The van der Waals surface area contributed by atoms with Gasteiger partial charge in [0.2, 0.25) is 0 Å². The molecule has 0 radical (unpaired) electrons. The number of rotatable bonds is 4. The van der Waals surface area contributed by atoms with Crippen LogP contribution in [0, 0.1) is 16.7 Å². The summed E-state index contributed by atoms with van der Waals surface area (Å²) in [5, 5.41) is 0. The van der Waals surface area contributed by atoms with Crippen molar-refractivity contribution in [3.8, 4) is 0 Å². The quantitative estimate of drug-likeness (QED) is 0.667. The Morgan fingerprint density at radius 3 is 2.07 bits per heavy atom. The van der Waals surface area contributed by atoms with Gasteiger partial charge in [0.1, 0.15) is 0 Å². The van der Waals surface area contributed by atoms with E-state index in [-0.39, 0.29) is 0 Å². The Balaban J connectivity index is 1.99. The summed E-state index contributed by atoms with van der Waals surface area (Å²) in [6.07, 6.45) is 6.20. The largest absolute Gasteiger partial charge is 0.378 e. The molecule has 3 aliphatic rings. The maximum Gasteiger partial charge on any atom is 0.0603 e. The maximum absolute atomic E-state index is 5.79. The molecule has 0 spiro atoms. The lowest BCUT2D eigenvalue weighted by Crippen LogP contribution is -2.47. The van der Waals surface area contributed by atoms with Crippen LogP contribution in [0.5, 0.6) is 0 Å². The minimum absolute atomic E-state index is 0.488. The first-order valence-corrected chi connectivity index (χ1v) is 6.16. The number of fused-ring (bicyclic) bond motifs is 1. The molecule has 0 aromatic rings. The molecule has 1 atom stereocenters. The molecule has 0 saturated heterocycles. The zero-order valence-corrected chi connectivity index (χ0v) is 10.1. The van der Waals surface area contributed by atoms with E-state index in [1.165, 1.54) is 25.7 Å². The van der Waals surface area contributed by atoms with Crippen molar-refractivity contribution in [1.29, 1.82) is 0 Å². The van der Waals surface area contributed by atoms with E-state index in [9.17, 15) is 0 Å². The second kappa shape index (κ2) is 3.23. The van der Waals surface area contributed by atoms with Crippen molar-refractivity contribution in [3.63, 3.8) is 0 Å². The van der Waals surface area contributed by atoms with Crippen molar-refractivity contribution >= 4 is 0 Å². The van der Waals surface area contributed by atoms with Gasteiger partial charge in [-0.3, -0.25) is 0 Å². The lowest BCUT2D eigenvalue weighted by atomic mass is 9.54. The highest BCUT2D eigenvalue weighted by molar-refractivity contribution is 5.13. The van der Waals surface area contributed by atoms with Crippen molar-refractivity contribution in [2.75, 3.05) is 6.61 Å². The predicted molar refractivity (Wildman–Crippen MR) is 59.3 cm³/mol. The van der Waals surface area contributed by atoms with Gasteiger partial charge < -0.3 is 4.74 Å². The molecule has 0 aromatic carbocycles. The van der Waals surface area contributed by atoms with E-state index in [1.54, 1.807) is 0 Å². The second-order valence-corrected chi connectivity index (χ2v) is 5.83. The van der Waals surface area contributed by atoms with Crippen LogP contribution in [0.15, 0.2) is 0 Å². The van der Waals surface area contributed by atoms with Gasteiger partial charge in [-0.05, 0) is 56.3 Å². The molecule has 0 amide bonds. The maximum atomic E-state index is 5.79. The lowest BCUT2D eigenvalue weighted by Gasteiger charge is -2.52. The van der Waals surface area contributed by atoms with Crippen LogP contribution in [0.3, 0.4) is 0 Å². The first-order valence-electron chi connectivity index (χ1n) is 6.16. The molecule has 3 saturated carbocycles. The first kappa shape index (κ1) is 10.5. The fraction of sp³-hybridized carbons (Fsp3) is 1.00. The molecule has 1 nitrogen and oxygen atoms in total. The Bertz CT molecular complexity index is 213. The Kier molecular flexibility index (Phi) is 2.42. The van der Waals surface area contributed by atoms with Crippen LogP contribution in [0.25, 0.3) is 0 Å². The van der Waals surface area contributed by atoms with Crippen molar-refractivity contribution in [2.24, 2.45) is 16.7 Å². The smallest absolute Gasteiger partial charge is 0.0603 e. The summed E-state index contributed by atoms with van der Waals surface area (Å²) in [6, 6.07) is 0. The van der Waals surface area contributed by atoms with Crippen molar-refractivity contribution in [1.82, 2.24) is 0 Å². The molecule has 1 heteroatoms. The fourth-order valence-electron chi connectivity index (χ4n) is 3.82. The van der Waals surface area contributed by atoms with Gasteiger partial charge in [0.05, 0.1) is 6.10 Å². The molecular weight excluding hydrogens is 172 g/mol. The average Bonchev–Trinajstić information content (AvgIpc) is 2.58. The Hall–Kier alpha value is -0.0400. The zero-order valence-electron chi connectivity index (χ0n) is 10.1. The van der Waals surface area contributed by atoms with E-state index >= 15 is 0 Å². The van der Waals surface area contributed by atoms with Gasteiger partial charge in [-0.25, -0.2) is 0 Å². The SMILES string of the molecule is CCO[C@@H](C)C12CCC(C(C)C)(C1)C2. The monoisotopic (exact) mass is 196 g/mol. The summed E-state index contributed by atoms with van der Waals surface area (Å²) < 4.78 is 5.79. The Morgan fingerprint density at radius 2 is 1.64 bits per heavy atom. The highest BCUT2D eigenvalue weighted by atomic mass is 16.5. The number of ether oxygens (including phenoxy) is 1. The van der Waals surface area contributed by atoms with E-state index in [1.807, 2.05) is 0 Å². The van der Waals surface area contributed by atoms with Crippen LogP contribution in [-0.4, -0.2) is 12.7 Å². The molecule has 0 aromatic heterocycles. The molecule has 2 bridgehead atoms. The van der Waals surface area contributed by atoms with Crippen LogP contribution in [0.4, 0.5) is 0 Å². The van der Waals surface area contributed by atoms with Gasteiger partial charge in [0.25, 0.3) is 0 Å². The zero-order chi connectivity index (χ0) is 10.4. The van der Waals surface area contributed by atoms with Gasteiger partial charge in [0, 0.05) is 6.61 Å². The van der Waals surface area contributed by atoms with Gasteiger partial charge in [-0.2, -0.15) is 0 Å². The summed E-state index contributed by atoms with van der Waals surface area (Å²) in [5.41, 5.74) is 1.27. The Morgan fingerprint density at radius 1 is 1.07 bits per heavy atom. The van der Waals surface area contributed by atoms with Gasteiger partial charge in [-0.1, -0.05) is 13.8 Å². The topological polar surface area (TPSA) is 9.23 Å². The van der Waals surface area contributed by atoms with Crippen molar-refractivity contribution < 1.29 is 4.74 Å². The standard InChI is InChI=1S/C13H24O/c1-5-14-11(4)13-7-6-12(8-13,9-13)10(2)3/h10-11H,5-9H2,1-4H3/t11-,12?,13?/m0/s1. The third-order valence-corrected chi connectivity index (χ3v) is 5.03. The van der Waals surface area contributed by atoms with E-state index < -0.39 is 0 Å². The summed E-state index contributed by atoms with van der Waals surface area (Å²) in [4.78, 5) is 0. The van der Waals surface area contributed by atoms with E-state index in [4.69, 9.17) is 4.74 Å². The number of hydrogen-bond donors (Lipinski definition) is 0. The highest BCUT2D eigenvalue weighted by Gasteiger charge is 2.63. The summed E-state index contributed by atoms with van der Waals surface area (Å²) in [5.74, 6) is 0.868. The minimum atomic E-state index is 0.488. The summed E-state index contributed by atoms with van der Waals surface area (Å²) >= 11 is 0. The van der Waals surface area contributed by atoms with Crippen LogP contribution in [0.1, 0.15) is 53.4 Å². The molecule has 3 rings (SSSR count). The van der Waals surface area contributed by atoms with Crippen molar-refractivity contribution in [2.45, 2.75) is 59.5 Å². The molecule has 3 aliphatic carbocycles. The fourth-order valence-corrected chi connectivity index (χ4v) is 3.82. The van der Waals surface area contributed by atoms with Crippen LogP contribution >= 0.6 is 0 Å². The molecule has 82 valence electrons. The van der Waals surface area contributed by atoms with Crippen LogP contribution in [-0.2, 0) is 4.74 Å². The van der Waals surface area contributed by atoms with Gasteiger partial charge >= 0.3 is 0 Å². The van der Waals surface area contributed by atoms with Crippen molar-refractivity contribution in [3.05, 3.63) is 0 Å². The van der Waals surface area contributed by atoms with E-state index in [2.05, 4.69) is 27.7 Å². The molecule has 3 fully saturated rings. The summed E-state index contributed by atoms with van der Waals surface area (Å²) in [6.45, 7) is 10.0. The first-order chi connectivity index (χ1) is 6.55. The average molecular weight is 196 g/mol. The van der Waals surface area contributed by atoms with E-state index in [0.29, 0.717) is 16.9 Å². The van der Waals surface area contributed by atoms with Gasteiger partial charge in [0.15, 0.2) is 0 Å². The third kappa shape index (κ3) is 1.25. The Labute approximate surface area is 88.2 Å². The third-order valence-electron chi connectivity index (χ3n) is 5.03. The molecular formula is C13H24O. The molecule has 0 heterocycles.